The lowest BCUT2D eigenvalue weighted by Crippen LogP contribution is -2.43. The second kappa shape index (κ2) is 6.91. The number of nitrogens with two attached hydrogens (primary N) is 1. The van der Waals surface area contributed by atoms with Gasteiger partial charge in [-0.3, -0.25) is 14.2 Å². The molecule has 3 aromatic rings. The first kappa shape index (κ1) is 19.0. The molecule has 29 heavy (non-hydrogen) atoms. The summed E-state index contributed by atoms with van der Waals surface area (Å²) in [6, 6.07) is 8.25. The van der Waals surface area contributed by atoms with Crippen molar-refractivity contribution in [2.24, 2.45) is 18.7 Å². The average molecular weight is 396 g/mol. The van der Waals surface area contributed by atoms with Crippen molar-refractivity contribution >= 4 is 28.7 Å². The van der Waals surface area contributed by atoms with E-state index in [-0.39, 0.29) is 5.92 Å². The zero-order valence-corrected chi connectivity index (χ0v) is 16.8. The smallest absolute Gasteiger partial charge is 0.332 e. The van der Waals surface area contributed by atoms with E-state index in [4.69, 9.17) is 5.73 Å². The van der Waals surface area contributed by atoms with Gasteiger partial charge in [-0.2, -0.15) is 4.98 Å². The second-order valence-corrected chi connectivity index (χ2v) is 7.63. The molecule has 0 bridgehead atoms. The molecule has 1 aliphatic rings. The minimum atomic E-state index is -0.743. The van der Waals surface area contributed by atoms with Crippen molar-refractivity contribution in [3.63, 3.8) is 0 Å². The van der Waals surface area contributed by atoms with Crippen molar-refractivity contribution in [1.82, 2.24) is 18.7 Å². The summed E-state index contributed by atoms with van der Waals surface area (Å²) in [5.41, 5.74) is 6.92. The number of hydrogen-bond donors (Lipinski definition) is 1. The highest BCUT2D eigenvalue weighted by Gasteiger charge is 2.30. The van der Waals surface area contributed by atoms with E-state index >= 15 is 0 Å². The molecule has 0 fully saturated rings. The molecule has 1 aliphatic heterocycles. The fourth-order valence-corrected chi connectivity index (χ4v) is 3.93. The van der Waals surface area contributed by atoms with E-state index in [0.29, 0.717) is 23.7 Å². The lowest BCUT2D eigenvalue weighted by atomic mass is 10.1. The molecule has 0 saturated heterocycles. The highest BCUT2D eigenvalue weighted by Crippen LogP contribution is 2.32. The van der Waals surface area contributed by atoms with E-state index in [1.165, 1.54) is 10.1 Å². The maximum atomic E-state index is 13.1. The Labute approximate surface area is 167 Å². The Morgan fingerprint density at radius 1 is 1.21 bits per heavy atom. The van der Waals surface area contributed by atoms with Crippen LogP contribution < -0.4 is 21.9 Å². The number of carbonyl (C=O) groups is 1. The van der Waals surface area contributed by atoms with Gasteiger partial charge in [0, 0.05) is 25.8 Å². The third kappa shape index (κ3) is 3.02. The Hall–Kier alpha value is -3.36. The molecule has 0 saturated carbocycles. The summed E-state index contributed by atoms with van der Waals surface area (Å²) in [5, 5.41) is 0. The van der Waals surface area contributed by atoms with Gasteiger partial charge in [-0.25, -0.2) is 9.36 Å². The lowest BCUT2D eigenvalue weighted by Gasteiger charge is -2.33. The van der Waals surface area contributed by atoms with Crippen molar-refractivity contribution < 1.29 is 4.79 Å². The Balaban J connectivity index is 1.96. The topological polar surface area (TPSA) is 108 Å². The van der Waals surface area contributed by atoms with Gasteiger partial charge >= 0.3 is 5.69 Å². The van der Waals surface area contributed by atoms with Crippen LogP contribution in [0.5, 0.6) is 0 Å². The van der Waals surface area contributed by atoms with Crippen LogP contribution in [0.25, 0.3) is 11.2 Å². The van der Waals surface area contributed by atoms with Gasteiger partial charge in [-0.15, -0.1) is 0 Å². The van der Waals surface area contributed by atoms with Gasteiger partial charge in [-0.1, -0.05) is 26.0 Å². The molecule has 4 rings (SSSR count). The summed E-state index contributed by atoms with van der Waals surface area (Å²) in [6.07, 6.45) is 0.955. The summed E-state index contributed by atoms with van der Waals surface area (Å²) in [4.78, 5) is 43.7. The highest BCUT2D eigenvalue weighted by atomic mass is 16.2. The van der Waals surface area contributed by atoms with E-state index < -0.39 is 23.7 Å². The summed E-state index contributed by atoms with van der Waals surface area (Å²) < 4.78 is 4.02. The number of aryl methyl sites for hydroxylation is 2. The highest BCUT2D eigenvalue weighted by molar-refractivity contribution is 5.78. The number of nitrogens with zero attached hydrogens (tertiary/aromatic N) is 5. The van der Waals surface area contributed by atoms with Gasteiger partial charge in [0.1, 0.15) is 6.54 Å². The Morgan fingerprint density at radius 2 is 1.90 bits per heavy atom. The maximum Gasteiger partial charge on any atom is 0.332 e. The van der Waals surface area contributed by atoms with Gasteiger partial charge in [0.05, 0.1) is 0 Å². The standard InChI is InChI=1S/C20H24N6O3/c1-4-13-5-7-14(8-6-13)24-9-12(2)10-25-16-17(22-19(24)25)23(3)20(29)26(18(16)28)11-15(21)27/h5-8,12H,4,9-11H2,1-3H3,(H2,21,27). The SMILES string of the molecule is CCc1ccc(N2CC(C)Cn3c2nc2c3c(=O)n(CC(N)=O)c(=O)n2C)cc1. The zero-order chi connectivity index (χ0) is 20.9. The van der Waals surface area contributed by atoms with Crippen molar-refractivity contribution in [2.75, 3.05) is 11.4 Å². The van der Waals surface area contributed by atoms with Gasteiger partial charge < -0.3 is 15.2 Å². The van der Waals surface area contributed by atoms with Gasteiger partial charge in [-0.05, 0) is 30.0 Å². The first-order chi connectivity index (χ1) is 13.8. The lowest BCUT2D eigenvalue weighted by molar-refractivity contribution is -0.118. The van der Waals surface area contributed by atoms with Crippen LogP contribution in [0.15, 0.2) is 33.9 Å². The molecule has 0 radical (unpaired) electrons. The number of imidazole rings is 1. The molecule has 3 heterocycles. The average Bonchev–Trinajstić information content (AvgIpc) is 3.08. The number of amides is 1. The Bertz CT molecular complexity index is 1220. The van der Waals surface area contributed by atoms with Gasteiger partial charge in [0.15, 0.2) is 11.2 Å². The van der Waals surface area contributed by atoms with Gasteiger partial charge in [0.2, 0.25) is 11.9 Å². The molecular formula is C20H24N6O3. The molecule has 2 aromatic heterocycles. The Kier molecular flexibility index (Phi) is 4.52. The van der Waals surface area contributed by atoms with Crippen LogP contribution >= 0.6 is 0 Å². The van der Waals surface area contributed by atoms with Crippen LogP contribution in [0.2, 0.25) is 0 Å². The van der Waals surface area contributed by atoms with Crippen molar-refractivity contribution in [3.8, 4) is 0 Å². The number of benzene rings is 1. The number of primary amides is 1. The van der Waals surface area contributed by atoms with E-state index in [1.807, 2.05) is 16.7 Å². The summed E-state index contributed by atoms with van der Waals surface area (Å²) >= 11 is 0. The fourth-order valence-electron chi connectivity index (χ4n) is 3.93. The molecule has 0 aliphatic carbocycles. The number of aromatic nitrogens is 4. The number of carbonyl (C=O) groups excluding carboxylic acids is 1. The van der Waals surface area contributed by atoms with Crippen LogP contribution in [-0.2, 0) is 31.4 Å². The van der Waals surface area contributed by atoms with E-state index in [9.17, 15) is 14.4 Å². The number of fused-ring (bicyclic) bond motifs is 3. The zero-order valence-electron chi connectivity index (χ0n) is 16.8. The van der Waals surface area contributed by atoms with Crippen LogP contribution in [0.3, 0.4) is 0 Å². The monoisotopic (exact) mass is 396 g/mol. The van der Waals surface area contributed by atoms with E-state index in [2.05, 4.69) is 35.9 Å². The fraction of sp³-hybridized carbons (Fsp3) is 0.400. The molecule has 0 spiro atoms. The third-order valence-electron chi connectivity index (χ3n) is 5.41. The minimum absolute atomic E-state index is 0.256. The molecule has 1 aromatic carbocycles. The normalized spacial score (nSPS) is 16.2. The Morgan fingerprint density at radius 3 is 2.52 bits per heavy atom. The maximum absolute atomic E-state index is 13.1. The molecule has 9 heteroatoms. The number of anilines is 2. The quantitative estimate of drug-likeness (QED) is 0.699. The van der Waals surface area contributed by atoms with E-state index in [0.717, 1.165) is 23.2 Å². The predicted octanol–water partition coefficient (Wildman–Crippen LogP) is 0.732. The van der Waals surface area contributed by atoms with Crippen LogP contribution in [0, 0.1) is 5.92 Å². The first-order valence-corrected chi connectivity index (χ1v) is 9.66. The number of hydrogen-bond acceptors (Lipinski definition) is 5. The van der Waals surface area contributed by atoms with E-state index in [1.54, 1.807) is 7.05 Å². The molecule has 9 nitrogen and oxygen atoms in total. The largest absolute Gasteiger partial charge is 0.368 e. The van der Waals surface area contributed by atoms with Crippen LogP contribution in [-0.4, -0.2) is 31.1 Å². The molecule has 1 atom stereocenters. The molecule has 1 amide bonds. The van der Waals surface area contributed by atoms with Crippen molar-refractivity contribution in [3.05, 3.63) is 50.7 Å². The molecular weight excluding hydrogens is 372 g/mol. The predicted molar refractivity (Wildman–Crippen MR) is 110 cm³/mol. The molecule has 1 unspecified atom stereocenters. The van der Waals surface area contributed by atoms with Crippen molar-refractivity contribution in [1.29, 1.82) is 0 Å². The first-order valence-electron chi connectivity index (χ1n) is 9.66. The summed E-state index contributed by atoms with van der Waals surface area (Å²) in [5.74, 6) is 0.131. The molecule has 152 valence electrons. The summed E-state index contributed by atoms with van der Waals surface area (Å²) in [7, 11) is 1.55. The van der Waals surface area contributed by atoms with Crippen LogP contribution in [0.4, 0.5) is 11.6 Å². The van der Waals surface area contributed by atoms with Crippen molar-refractivity contribution in [2.45, 2.75) is 33.4 Å². The summed E-state index contributed by atoms with van der Waals surface area (Å²) in [6.45, 7) is 5.10. The van der Waals surface area contributed by atoms with Crippen LogP contribution in [0.1, 0.15) is 19.4 Å². The van der Waals surface area contributed by atoms with Gasteiger partial charge in [0.25, 0.3) is 5.56 Å². The molecule has 2 N–H and O–H groups in total. The minimum Gasteiger partial charge on any atom is -0.368 e. The third-order valence-corrected chi connectivity index (χ3v) is 5.41. The second-order valence-electron chi connectivity index (χ2n) is 7.63. The number of rotatable bonds is 4.